The lowest BCUT2D eigenvalue weighted by atomic mass is 10.1. The third kappa shape index (κ3) is 6.28. The van der Waals surface area contributed by atoms with Crippen molar-refractivity contribution < 1.29 is 18.8 Å². The highest BCUT2D eigenvalue weighted by atomic mass is 79.9. The first kappa shape index (κ1) is 26.6. The van der Waals surface area contributed by atoms with Crippen LogP contribution in [0.15, 0.2) is 70.3 Å². The number of hydrogen-bond acceptors (Lipinski definition) is 7. The summed E-state index contributed by atoms with van der Waals surface area (Å²) in [5.41, 5.74) is 3.02. The number of benzene rings is 3. The van der Waals surface area contributed by atoms with E-state index < -0.39 is 5.25 Å². The summed E-state index contributed by atoms with van der Waals surface area (Å²) < 4.78 is 27.9. The molecule has 0 saturated carbocycles. The molecule has 1 aromatic heterocycles. The van der Waals surface area contributed by atoms with Crippen molar-refractivity contribution in [3.05, 3.63) is 104 Å². The molecular weight excluding hydrogens is 563 g/mol. The van der Waals surface area contributed by atoms with Crippen LogP contribution in [-0.4, -0.2) is 33.3 Å². The fraction of sp³-hybridized carbons (Fsp3) is 0.231. The minimum Gasteiger partial charge on any atom is -0.493 e. The highest BCUT2D eigenvalue weighted by Crippen LogP contribution is 2.43. The molecule has 0 unspecified atom stereocenters. The molecule has 0 aliphatic carbocycles. The lowest BCUT2D eigenvalue weighted by Crippen LogP contribution is -2.12. The maximum atomic E-state index is 14.0. The van der Waals surface area contributed by atoms with E-state index in [1.54, 1.807) is 30.3 Å². The number of halogens is 2. The van der Waals surface area contributed by atoms with Gasteiger partial charge in [-0.3, -0.25) is 14.7 Å². The summed E-state index contributed by atoms with van der Waals surface area (Å²) in [7, 11) is 1.48. The van der Waals surface area contributed by atoms with Crippen LogP contribution in [0.4, 0.5) is 4.39 Å². The smallest absolute Gasteiger partial charge is 0.220 e. The number of hydrogen-bond donors (Lipinski definition) is 0. The highest BCUT2D eigenvalue weighted by molar-refractivity contribution is 9.10. The van der Waals surface area contributed by atoms with Crippen molar-refractivity contribution >= 4 is 27.7 Å². The Bertz CT molecular complexity index is 1410. The normalized spacial score (nSPS) is 11.8. The van der Waals surface area contributed by atoms with Crippen molar-refractivity contribution in [3.63, 3.8) is 0 Å². The number of ether oxygens (including phenoxy) is 2. The average molecular weight is 587 g/mol. The van der Waals surface area contributed by atoms with Gasteiger partial charge in [-0.1, -0.05) is 47.7 Å². The first-order valence-corrected chi connectivity index (χ1v) is 12.9. The maximum absolute atomic E-state index is 14.0. The number of aromatic nitrogens is 3. The van der Waals surface area contributed by atoms with Gasteiger partial charge < -0.3 is 9.47 Å². The van der Waals surface area contributed by atoms with Crippen LogP contribution >= 0.6 is 27.7 Å². The molecule has 8 nitrogen and oxygen atoms in total. The fourth-order valence-electron chi connectivity index (χ4n) is 3.71. The van der Waals surface area contributed by atoms with Crippen LogP contribution in [0.5, 0.6) is 11.5 Å². The monoisotopic (exact) mass is 586 g/mol. The Balaban J connectivity index is 1.66. The van der Waals surface area contributed by atoms with Crippen LogP contribution < -0.4 is 9.47 Å². The molecule has 192 valence electrons. The van der Waals surface area contributed by atoms with Crippen molar-refractivity contribution in [3.8, 4) is 17.2 Å². The Morgan fingerprint density at radius 1 is 1.14 bits per heavy atom. The van der Waals surface area contributed by atoms with Gasteiger partial charge in [0.2, 0.25) is 6.54 Å². The quantitative estimate of drug-likeness (QED) is 0.119. The average Bonchev–Trinajstić information content (AvgIpc) is 3.23. The lowest BCUT2D eigenvalue weighted by molar-refractivity contribution is -0.479. The Morgan fingerprint density at radius 3 is 2.54 bits per heavy atom. The molecule has 0 aliphatic heterocycles. The van der Waals surface area contributed by atoms with Crippen LogP contribution in [-0.2, 0) is 6.61 Å². The van der Waals surface area contributed by atoms with Crippen molar-refractivity contribution in [1.29, 1.82) is 0 Å². The molecular formula is C26H24BrFN4O4S. The second-order valence-electron chi connectivity index (χ2n) is 8.24. The van der Waals surface area contributed by atoms with Gasteiger partial charge in [-0.2, -0.15) is 0 Å². The van der Waals surface area contributed by atoms with Crippen molar-refractivity contribution in [1.82, 2.24) is 14.8 Å². The molecule has 0 saturated heterocycles. The van der Waals surface area contributed by atoms with Gasteiger partial charge in [-0.05, 0) is 65.7 Å². The zero-order valence-corrected chi connectivity index (χ0v) is 22.8. The first-order chi connectivity index (χ1) is 17.8. The molecule has 4 aromatic rings. The molecule has 1 heterocycles. The Kier molecular flexibility index (Phi) is 8.45. The summed E-state index contributed by atoms with van der Waals surface area (Å²) in [6.07, 6.45) is 0. The lowest BCUT2D eigenvalue weighted by Gasteiger charge is -2.18. The van der Waals surface area contributed by atoms with Crippen LogP contribution in [0.3, 0.4) is 0 Å². The predicted molar refractivity (Wildman–Crippen MR) is 143 cm³/mol. The topological polar surface area (TPSA) is 92.3 Å². The third-order valence-electron chi connectivity index (χ3n) is 5.60. The summed E-state index contributed by atoms with van der Waals surface area (Å²) in [4.78, 5) is 11.3. The number of nitrogens with zero attached hydrogens (tertiary/aromatic N) is 4. The predicted octanol–water partition coefficient (Wildman–Crippen LogP) is 6.48. The summed E-state index contributed by atoms with van der Waals surface area (Å²) in [5.74, 6) is 1.04. The zero-order valence-electron chi connectivity index (χ0n) is 20.4. The van der Waals surface area contributed by atoms with Crippen molar-refractivity contribution in [2.75, 3.05) is 13.7 Å². The van der Waals surface area contributed by atoms with Gasteiger partial charge in [-0.25, -0.2) is 4.39 Å². The SMILES string of the molecule is COc1cc([C@H](C[N+](=O)[O-])Sc2nnc(C)n2-c2ccc(C)cc2)cc(Br)c1OCc1ccccc1F. The van der Waals surface area contributed by atoms with E-state index >= 15 is 0 Å². The Hall–Kier alpha value is -3.44. The zero-order chi connectivity index (χ0) is 26.5. The summed E-state index contributed by atoms with van der Waals surface area (Å²) in [6, 6.07) is 17.7. The number of nitro groups is 1. The molecule has 11 heteroatoms. The first-order valence-electron chi connectivity index (χ1n) is 11.3. The number of thioether (sulfide) groups is 1. The number of methoxy groups -OCH3 is 1. The van der Waals surface area contributed by atoms with Crippen molar-refractivity contribution in [2.24, 2.45) is 0 Å². The van der Waals surface area contributed by atoms with Gasteiger partial charge in [0.05, 0.1) is 11.6 Å². The summed E-state index contributed by atoms with van der Waals surface area (Å²) >= 11 is 4.75. The van der Waals surface area contributed by atoms with Gasteiger partial charge in [0, 0.05) is 16.2 Å². The molecule has 0 spiro atoms. The molecule has 0 radical (unpaired) electrons. The van der Waals surface area contributed by atoms with E-state index in [1.165, 1.54) is 24.9 Å². The van der Waals surface area contributed by atoms with Crippen LogP contribution in [0.25, 0.3) is 5.69 Å². The molecule has 37 heavy (non-hydrogen) atoms. The van der Waals surface area contributed by atoms with E-state index in [1.807, 2.05) is 42.7 Å². The van der Waals surface area contributed by atoms with Gasteiger partial charge in [0.1, 0.15) is 23.5 Å². The minimum atomic E-state index is -0.603. The third-order valence-corrected chi connectivity index (χ3v) is 7.37. The van der Waals surface area contributed by atoms with E-state index in [0.717, 1.165) is 11.3 Å². The second-order valence-corrected chi connectivity index (χ2v) is 10.3. The Labute approximate surface area is 226 Å². The van der Waals surface area contributed by atoms with Crippen molar-refractivity contribution in [2.45, 2.75) is 30.9 Å². The molecule has 4 rings (SSSR count). The minimum absolute atomic E-state index is 0.00696. The Morgan fingerprint density at radius 2 is 1.86 bits per heavy atom. The van der Waals surface area contributed by atoms with E-state index in [9.17, 15) is 14.5 Å². The highest BCUT2D eigenvalue weighted by Gasteiger charge is 2.26. The molecule has 0 bridgehead atoms. The molecule has 3 aromatic carbocycles. The van der Waals surface area contributed by atoms with E-state index in [-0.39, 0.29) is 23.9 Å². The van der Waals surface area contributed by atoms with E-state index in [2.05, 4.69) is 26.1 Å². The van der Waals surface area contributed by atoms with E-state index in [4.69, 9.17) is 9.47 Å². The van der Waals surface area contributed by atoms with Gasteiger partial charge >= 0.3 is 0 Å². The molecule has 0 N–H and O–H groups in total. The fourth-order valence-corrected chi connectivity index (χ4v) is 5.44. The largest absolute Gasteiger partial charge is 0.493 e. The standard InChI is InChI=1S/C26H24BrFN4O4S/c1-16-8-10-20(11-9-16)32-17(2)29-30-26(32)37-24(14-31(33)34)19-12-21(27)25(23(13-19)35-3)36-15-18-6-4-5-7-22(18)28/h4-13,24H,14-15H2,1-3H3/t24-/m0/s1. The van der Waals surface area contributed by atoms with Crippen LogP contribution in [0, 0.1) is 29.8 Å². The van der Waals surface area contributed by atoms with Crippen LogP contribution in [0.1, 0.15) is 27.8 Å². The van der Waals surface area contributed by atoms with Crippen LogP contribution in [0.2, 0.25) is 0 Å². The number of rotatable bonds is 10. The molecule has 0 fully saturated rings. The van der Waals surface area contributed by atoms with E-state index in [0.29, 0.717) is 38.1 Å². The molecule has 0 amide bonds. The van der Waals surface area contributed by atoms with Gasteiger partial charge in [-0.15, -0.1) is 10.2 Å². The maximum Gasteiger partial charge on any atom is 0.220 e. The second kappa shape index (κ2) is 11.7. The molecule has 1 atom stereocenters. The summed E-state index contributed by atoms with van der Waals surface area (Å²) in [6.45, 7) is 3.48. The number of aryl methyl sites for hydroxylation is 2. The van der Waals surface area contributed by atoms with Gasteiger partial charge in [0.25, 0.3) is 0 Å². The summed E-state index contributed by atoms with van der Waals surface area (Å²) in [5, 5.41) is 20.0. The molecule has 0 aliphatic rings. The van der Waals surface area contributed by atoms with Gasteiger partial charge in [0.15, 0.2) is 16.7 Å².